The lowest BCUT2D eigenvalue weighted by Gasteiger charge is -2.38. The summed E-state index contributed by atoms with van der Waals surface area (Å²) in [5.74, 6) is -0.918. The average molecular weight is 452 g/mol. The number of hydrogen-bond donors (Lipinski definition) is 4. The zero-order valence-corrected chi connectivity index (χ0v) is 17.6. The van der Waals surface area contributed by atoms with Crippen LogP contribution in [0.15, 0.2) is 30.7 Å². The summed E-state index contributed by atoms with van der Waals surface area (Å²) in [7, 11) is 0. The fraction of sp³-hybridized carbons (Fsp3) is 0.286. The van der Waals surface area contributed by atoms with Gasteiger partial charge in [-0.15, -0.1) is 0 Å². The molecule has 0 radical (unpaired) electrons. The molecule has 5 rings (SSSR count). The molecule has 0 saturated carbocycles. The normalized spacial score (nSPS) is 15.1. The van der Waals surface area contributed by atoms with Crippen molar-refractivity contribution in [2.24, 2.45) is 5.73 Å². The first-order chi connectivity index (χ1) is 15.9. The second-order valence-corrected chi connectivity index (χ2v) is 7.99. The Morgan fingerprint density at radius 1 is 1.36 bits per heavy atom. The minimum atomic E-state index is -0.731. The summed E-state index contributed by atoms with van der Waals surface area (Å²) in [6.07, 6.45) is 4.18. The maximum Gasteiger partial charge on any atom is 0.255 e. The number of pyridine rings is 1. The van der Waals surface area contributed by atoms with Gasteiger partial charge in [-0.3, -0.25) is 14.0 Å². The summed E-state index contributed by atoms with van der Waals surface area (Å²) in [5, 5.41) is 12.3. The van der Waals surface area contributed by atoms with E-state index in [0.717, 1.165) is 0 Å². The summed E-state index contributed by atoms with van der Waals surface area (Å²) in [6.45, 7) is 2.16. The molecule has 0 unspecified atom stereocenters. The van der Waals surface area contributed by atoms with Crippen molar-refractivity contribution in [1.82, 2.24) is 34.6 Å². The van der Waals surface area contributed by atoms with E-state index >= 15 is 0 Å². The van der Waals surface area contributed by atoms with Crippen LogP contribution in [-0.2, 0) is 11.4 Å². The number of rotatable bonds is 5. The van der Waals surface area contributed by atoms with Crippen molar-refractivity contribution < 1.29 is 19.1 Å². The third kappa shape index (κ3) is 3.58. The van der Waals surface area contributed by atoms with E-state index < -0.39 is 24.4 Å². The van der Waals surface area contributed by atoms with Crippen molar-refractivity contribution in [1.29, 1.82) is 0 Å². The van der Waals surface area contributed by atoms with Crippen LogP contribution in [0, 0.1) is 5.82 Å². The van der Waals surface area contributed by atoms with Gasteiger partial charge in [0.05, 0.1) is 17.3 Å². The number of aliphatic hydroxyl groups excluding tert-OH is 1. The number of aromatic amines is 1. The fourth-order valence-electron chi connectivity index (χ4n) is 3.90. The predicted molar refractivity (Wildman–Crippen MR) is 115 cm³/mol. The molecule has 0 aliphatic carbocycles. The molecule has 33 heavy (non-hydrogen) atoms. The van der Waals surface area contributed by atoms with Gasteiger partial charge >= 0.3 is 0 Å². The minimum absolute atomic E-state index is 0.0268. The van der Waals surface area contributed by atoms with Crippen molar-refractivity contribution >= 4 is 28.5 Å². The second-order valence-electron chi connectivity index (χ2n) is 7.99. The standard InChI is InChI=1S/C21H21FN8O3/c1-10(21(33)29-7-12(23)8-29)26-20(32)13-4-24-19-17(13)27-14(5-25-19)18-15-3-2-11(22)6-30(15)16(9-31)28-18/h2-6,10,12,31H,7-9,23H2,1H3,(H,24,25)(H,26,32)/t10-/m1/s1. The highest BCUT2D eigenvalue weighted by Crippen LogP contribution is 2.26. The van der Waals surface area contributed by atoms with Gasteiger partial charge in [-0.05, 0) is 19.1 Å². The quantitative estimate of drug-likeness (QED) is 0.337. The van der Waals surface area contributed by atoms with Crippen LogP contribution in [0.3, 0.4) is 0 Å². The number of nitrogens with zero attached hydrogens (tertiary/aromatic N) is 5. The Balaban J connectivity index is 1.47. The molecule has 1 aliphatic rings. The van der Waals surface area contributed by atoms with Gasteiger partial charge in [-0.1, -0.05) is 0 Å². The summed E-state index contributed by atoms with van der Waals surface area (Å²) in [6, 6.07) is 2.06. The molecule has 1 atom stereocenters. The molecule has 12 heteroatoms. The molecule has 4 aromatic heterocycles. The molecule has 1 saturated heterocycles. The number of halogens is 1. The Labute approximate surface area is 186 Å². The first-order valence-electron chi connectivity index (χ1n) is 10.3. The zero-order valence-electron chi connectivity index (χ0n) is 17.6. The van der Waals surface area contributed by atoms with Gasteiger partial charge < -0.3 is 26.0 Å². The molecule has 0 aromatic carbocycles. The highest BCUT2D eigenvalue weighted by Gasteiger charge is 2.31. The van der Waals surface area contributed by atoms with Crippen molar-refractivity contribution in [2.75, 3.05) is 13.1 Å². The first kappa shape index (κ1) is 21.0. The molecule has 4 aromatic rings. The van der Waals surface area contributed by atoms with E-state index in [2.05, 4.69) is 25.3 Å². The Bertz CT molecular complexity index is 1390. The Hall–Kier alpha value is -3.90. The number of carbonyl (C=O) groups excluding carboxylic acids is 2. The van der Waals surface area contributed by atoms with E-state index in [-0.39, 0.29) is 23.3 Å². The first-order valence-corrected chi connectivity index (χ1v) is 10.3. The lowest BCUT2D eigenvalue weighted by molar-refractivity contribution is -0.137. The number of nitrogens with two attached hydrogens (primary N) is 1. The number of H-pyrrole nitrogens is 1. The van der Waals surface area contributed by atoms with Crippen molar-refractivity contribution in [3.63, 3.8) is 0 Å². The summed E-state index contributed by atoms with van der Waals surface area (Å²) >= 11 is 0. The van der Waals surface area contributed by atoms with Gasteiger partial charge in [0.15, 0.2) is 5.65 Å². The van der Waals surface area contributed by atoms with Crippen molar-refractivity contribution in [3.8, 4) is 11.4 Å². The number of nitrogens with one attached hydrogen (secondary N) is 2. The molecule has 0 bridgehead atoms. The summed E-state index contributed by atoms with van der Waals surface area (Å²) in [5.41, 5.74) is 7.88. The topological polar surface area (TPSA) is 155 Å². The van der Waals surface area contributed by atoms with Crippen LogP contribution in [0.4, 0.5) is 4.39 Å². The Kier molecular flexibility index (Phi) is 5.02. The van der Waals surface area contributed by atoms with Crippen molar-refractivity contribution in [3.05, 3.63) is 47.9 Å². The predicted octanol–water partition coefficient (Wildman–Crippen LogP) is 0.192. The van der Waals surface area contributed by atoms with Gasteiger partial charge in [0, 0.05) is 31.5 Å². The molecular formula is C21H21FN8O3. The summed E-state index contributed by atoms with van der Waals surface area (Å²) < 4.78 is 15.1. The molecule has 5 heterocycles. The average Bonchev–Trinajstić information content (AvgIpc) is 3.36. The maximum atomic E-state index is 13.7. The van der Waals surface area contributed by atoms with E-state index in [9.17, 15) is 19.1 Å². The monoisotopic (exact) mass is 452 g/mol. The number of aromatic nitrogens is 5. The fourth-order valence-corrected chi connectivity index (χ4v) is 3.90. The molecule has 1 fully saturated rings. The molecule has 1 aliphatic heterocycles. The van der Waals surface area contributed by atoms with Crippen LogP contribution in [0.5, 0.6) is 0 Å². The minimum Gasteiger partial charge on any atom is -0.388 e. The Morgan fingerprint density at radius 3 is 2.88 bits per heavy atom. The third-order valence-corrected chi connectivity index (χ3v) is 5.62. The highest BCUT2D eigenvalue weighted by molar-refractivity contribution is 6.06. The van der Waals surface area contributed by atoms with Gasteiger partial charge in [0.2, 0.25) is 5.91 Å². The smallest absolute Gasteiger partial charge is 0.255 e. The SMILES string of the molecule is C[C@@H](NC(=O)c1c[nH]c2ncc(-c3nc(CO)n4cc(F)ccc34)nc12)C(=O)N1CC(N)C1. The number of hydrogen-bond acceptors (Lipinski definition) is 7. The van der Waals surface area contributed by atoms with Crippen molar-refractivity contribution in [2.45, 2.75) is 25.6 Å². The lowest BCUT2D eigenvalue weighted by Crippen LogP contribution is -2.61. The van der Waals surface area contributed by atoms with Gasteiger partial charge in [0.1, 0.15) is 41.2 Å². The highest BCUT2D eigenvalue weighted by atomic mass is 19.1. The van der Waals surface area contributed by atoms with Crippen LogP contribution in [0.2, 0.25) is 0 Å². The van der Waals surface area contributed by atoms with Crippen LogP contribution in [0.1, 0.15) is 23.1 Å². The number of amides is 2. The third-order valence-electron chi connectivity index (χ3n) is 5.62. The van der Waals surface area contributed by atoms with Gasteiger partial charge in [-0.2, -0.15) is 0 Å². The number of aliphatic hydroxyl groups is 1. The molecular weight excluding hydrogens is 431 g/mol. The number of likely N-dealkylation sites (tertiary alicyclic amines) is 1. The number of imidazole rings is 1. The van der Waals surface area contributed by atoms with E-state index in [1.807, 2.05) is 0 Å². The zero-order chi connectivity index (χ0) is 23.3. The summed E-state index contributed by atoms with van der Waals surface area (Å²) in [4.78, 5) is 43.0. The maximum absolute atomic E-state index is 13.7. The van der Waals surface area contributed by atoms with E-state index in [1.54, 1.807) is 11.8 Å². The van der Waals surface area contributed by atoms with Crippen LogP contribution in [0.25, 0.3) is 28.1 Å². The van der Waals surface area contributed by atoms with E-state index in [1.165, 1.54) is 35.1 Å². The Morgan fingerprint density at radius 2 is 2.15 bits per heavy atom. The van der Waals surface area contributed by atoms with Gasteiger partial charge in [0.25, 0.3) is 5.91 Å². The van der Waals surface area contributed by atoms with Gasteiger partial charge in [-0.25, -0.2) is 19.3 Å². The van der Waals surface area contributed by atoms with E-state index in [4.69, 9.17) is 5.73 Å². The molecule has 0 spiro atoms. The lowest BCUT2D eigenvalue weighted by atomic mass is 10.1. The largest absolute Gasteiger partial charge is 0.388 e. The second kappa shape index (κ2) is 7.90. The van der Waals surface area contributed by atoms with Crippen LogP contribution in [-0.4, -0.2) is 71.3 Å². The number of carbonyl (C=O) groups is 2. The molecule has 11 nitrogen and oxygen atoms in total. The van der Waals surface area contributed by atoms with Crippen LogP contribution < -0.4 is 11.1 Å². The molecule has 2 amide bonds. The molecule has 170 valence electrons. The van der Waals surface area contributed by atoms with E-state index in [0.29, 0.717) is 41.2 Å². The molecule has 5 N–H and O–H groups in total. The number of fused-ring (bicyclic) bond motifs is 2. The van der Waals surface area contributed by atoms with Crippen LogP contribution >= 0.6 is 0 Å².